The molecule has 2 fully saturated rings. The molecule has 0 bridgehead atoms. The van der Waals surface area contributed by atoms with E-state index < -0.39 is 63.9 Å². The fraction of sp³-hybridized carbons (Fsp3) is 0.583. The lowest BCUT2D eigenvalue weighted by Gasteiger charge is -2.40. The van der Waals surface area contributed by atoms with Crippen LogP contribution in [0.25, 0.3) is 0 Å². The van der Waals surface area contributed by atoms with Crippen molar-refractivity contribution in [3.05, 3.63) is 56.6 Å². The number of phosphoric ester groups is 1. The van der Waals surface area contributed by atoms with Crippen LogP contribution in [0, 0.1) is 0 Å². The van der Waals surface area contributed by atoms with Crippen LogP contribution < -0.4 is 11.4 Å². The molecule has 2 aromatic rings. The van der Waals surface area contributed by atoms with Crippen molar-refractivity contribution < 1.29 is 36.1 Å². The second-order valence-electron chi connectivity index (χ2n) is 11.2. The third kappa shape index (κ3) is 6.48. The van der Waals surface area contributed by atoms with Gasteiger partial charge in [0.15, 0.2) is 8.32 Å². The van der Waals surface area contributed by atoms with Gasteiger partial charge in [0.1, 0.15) is 18.0 Å². The summed E-state index contributed by atoms with van der Waals surface area (Å²) in [6, 6.07) is 5.96. The number of benzene rings is 1. The Morgan fingerprint density at radius 3 is 2.62 bits per heavy atom. The summed E-state index contributed by atoms with van der Waals surface area (Å²) in [5.74, 6) is -3.83. The van der Waals surface area contributed by atoms with Crippen molar-refractivity contribution in [3.63, 3.8) is 0 Å². The number of aromatic nitrogens is 2. The Labute approximate surface area is 241 Å². The number of hydrogen-bond acceptors (Lipinski definition) is 9. The van der Waals surface area contributed by atoms with Crippen molar-refractivity contribution in [2.45, 2.75) is 75.8 Å². The van der Waals surface area contributed by atoms with E-state index in [-0.39, 0.29) is 12.4 Å². The Balaban J connectivity index is 1.60. The smallest absolute Gasteiger partial charge is 0.405 e. The fourth-order valence-corrected chi connectivity index (χ4v) is 7.17. The van der Waals surface area contributed by atoms with E-state index in [9.17, 15) is 9.36 Å². The lowest BCUT2D eigenvalue weighted by molar-refractivity contribution is -0.138. The highest BCUT2D eigenvalue weighted by molar-refractivity contribution is 7.48. The first kappa shape index (κ1) is 31.5. The van der Waals surface area contributed by atoms with Gasteiger partial charge in [-0.25, -0.2) is 9.36 Å². The molecule has 0 spiro atoms. The fourth-order valence-electron chi connectivity index (χ4n) is 4.06. The van der Waals surface area contributed by atoms with E-state index in [0.717, 1.165) is 6.20 Å². The Morgan fingerprint density at radius 1 is 1.27 bits per heavy atom. The molecule has 3 heterocycles. The highest BCUT2D eigenvalue weighted by Crippen LogP contribution is 2.58. The molecule has 222 valence electrons. The quantitative estimate of drug-likeness (QED) is 0.272. The maximum Gasteiger partial charge on any atom is 0.475 e. The van der Waals surface area contributed by atoms with E-state index in [1.807, 2.05) is 20.8 Å². The number of nitrogen functional groups attached to an aromatic ring is 1. The Bertz CT molecular complexity index is 1360. The second-order valence-corrected chi connectivity index (χ2v) is 18.4. The van der Waals surface area contributed by atoms with E-state index in [4.69, 9.17) is 51.7 Å². The normalized spacial score (nSPS) is 29.0. The lowest BCUT2D eigenvalue weighted by atomic mass is 10.1. The summed E-state index contributed by atoms with van der Waals surface area (Å²) >= 11 is 12.4. The van der Waals surface area contributed by atoms with Crippen molar-refractivity contribution in [1.29, 1.82) is 0 Å². The van der Waals surface area contributed by atoms with Crippen LogP contribution >= 0.6 is 31.0 Å². The van der Waals surface area contributed by atoms with Gasteiger partial charge >= 0.3 is 19.4 Å². The van der Waals surface area contributed by atoms with Gasteiger partial charge in [-0.05, 0) is 42.4 Å². The number of ether oxygens (including phenoxy) is 1. The standard InChI is InChI=1S/C24H32Cl2F2N3O7PSi/c1-23(2,3)40(4,5)38-20-18(36-21(24(20,27)28)31-10-8-19(29)30-22(31)32)13-35-39(33)34-11-9-17(37-39)15-12-14(25)6-7-16(15)26/h6-8,10,12,17-18,20-21H,9,11,13H2,1-5H3,(H2,29,30,32)/t17-,18-,20-,21-,39?/m1/s1. The molecule has 16 heteroatoms. The van der Waals surface area contributed by atoms with Crippen LogP contribution in [0.3, 0.4) is 0 Å². The predicted molar refractivity (Wildman–Crippen MR) is 148 cm³/mol. The molecular formula is C24H32Cl2F2N3O7PSi. The van der Waals surface area contributed by atoms with Crippen molar-refractivity contribution >= 4 is 45.2 Å². The number of alkyl halides is 2. The minimum Gasteiger partial charge on any atom is -0.405 e. The van der Waals surface area contributed by atoms with Gasteiger partial charge in [0.25, 0.3) is 0 Å². The number of nitrogens with two attached hydrogens (primary N) is 1. The van der Waals surface area contributed by atoms with Crippen molar-refractivity contribution in [3.8, 4) is 0 Å². The largest absolute Gasteiger partial charge is 0.475 e. The van der Waals surface area contributed by atoms with E-state index >= 15 is 8.78 Å². The van der Waals surface area contributed by atoms with Crippen LogP contribution in [0.15, 0.2) is 35.3 Å². The molecule has 2 aliphatic heterocycles. The average Bonchev–Trinajstić information content (AvgIpc) is 3.08. The van der Waals surface area contributed by atoms with Crippen LogP contribution in [-0.4, -0.2) is 49.2 Å². The Hall–Kier alpha value is -1.41. The summed E-state index contributed by atoms with van der Waals surface area (Å²) in [6.45, 7) is 8.65. The second kappa shape index (κ2) is 11.3. The topological polar surface area (TPSA) is 124 Å². The molecule has 2 aliphatic rings. The van der Waals surface area contributed by atoms with Gasteiger partial charge in [-0.2, -0.15) is 13.8 Å². The number of halogens is 4. The minimum absolute atomic E-state index is 0.00844. The van der Waals surface area contributed by atoms with Gasteiger partial charge in [-0.3, -0.25) is 18.1 Å². The van der Waals surface area contributed by atoms with Crippen molar-refractivity contribution in [2.75, 3.05) is 18.9 Å². The van der Waals surface area contributed by atoms with Crippen molar-refractivity contribution in [1.82, 2.24) is 9.55 Å². The number of rotatable bonds is 7. The molecule has 0 radical (unpaired) electrons. The van der Waals surface area contributed by atoms with Crippen LogP contribution in [0.1, 0.15) is 45.1 Å². The SMILES string of the molecule is CC(C)(C)[Si](C)(C)O[C@@H]1[C@@H](COP2(=O)OCC[C@H](c3cc(Cl)ccc3Cl)O2)O[C@@H](n2ccc(N)nc2=O)C1(F)F. The lowest BCUT2D eigenvalue weighted by Crippen LogP contribution is -2.52. The maximum atomic E-state index is 16.0. The molecule has 0 saturated carbocycles. The summed E-state index contributed by atoms with van der Waals surface area (Å²) in [4.78, 5) is 16.0. The van der Waals surface area contributed by atoms with Crippen LogP contribution in [0.2, 0.25) is 28.2 Å². The van der Waals surface area contributed by atoms with Gasteiger partial charge < -0.3 is 14.9 Å². The molecular weight excluding hydrogens is 610 g/mol. The summed E-state index contributed by atoms with van der Waals surface area (Å²) in [5.41, 5.74) is 4.99. The molecule has 0 amide bonds. The number of phosphoric acid groups is 1. The molecule has 40 heavy (non-hydrogen) atoms. The number of hydrogen-bond donors (Lipinski definition) is 1. The molecule has 5 atom stereocenters. The Kier molecular flexibility index (Phi) is 8.94. The van der Waals surface area contributed by atoms with Gasteiger partial charge in [0, 0.05) is 28.2 Å². The summed E-state index contributed by atoms with van der Waals surface area (Å²) in [7, 11) is -7.06. The number of nitrogens with zero attached hydrogens (tertiary/aromatic N) is 2. The van der Waals surface area contributed by atoms with Crippen LogP contribution in [0.4, 0.5) is 14.6 Å². The zero-order valence-corrected chi connectivity index (χ0v) is 26.0. The van der Waals surface area contributed by atoms with Crippen LogP contribution in [-0.2, 0) is 27.3 Å². The van der Waals surface area contributed by atoms with E-state index in [0.29, 0.717) is 26.6 Å². The van der Waals surface area contributed by atoms with E-state index in [1.54, 1.807) is 31.3 Å². The third-order valence-corrected chi connectivity index (χ3v) is 13.8. The number of anilines is 1. The monoisotopic (exact) mass is 641 g/mol. The molecule has 2 N–H and O–H groups in total. The zero-order chi connectivity index (χ0) is 29.7. The molecule has 1 aromatic carbocycles. The zero-order valence-electron chi connectivity index (χ0n) is 22.6. The van der Waals surface area contributed by atoms with Gasteiger partial charge in [0.05, 0.1) is 19.3 Å². The predicted octanol–water partition coefficient (Wildman–Crippen LogP) is 6.36. The van der Waals surface area contributed by atoms with Crippen LogP contribution in [0.5, 0.6) is 0 Å². The first-order chi connectivity index (χ1) is 18.4. The average molecular weight is 642 g/mol. The molecule has 1 aromatic heterocycles. The molecule has 4 rings (SSSR count). The molecule has 10 nitrogen and oxygen atoms in total. The summed E-state index contributed by atoms with van der Waals surface area (Å²) < 4.78 is 74.3. The highest BCUT2D eigenvalue weighted by Gasteiger charge is 2.63. The maximum absolute atomic E-state index is 16.0. The van der Waals surface area contributed by atoms with Gasteiger partial charge in [0.2, 0.25) is 6.23 Å². The van der Waals surface area contributed by atoms with Gasteiger partial charge in [-0.15, -0.1) is 0 Å². The van der Waals surface area contributed by atoms with Gasteiger partial charge in [-0.1, -0.05) is 44.0 Å². The molecule has 1 unspecified atom stereocenters. The van der Waals surface area contributed by atoms with E-state index in [2.05, 4.69) is 4.98 Å². The minimum atomic E-state index is -4.25. The van der Waals surface area contributed by atoms with E-state index in [1.165, 1.54) is 6.07 Å². The first-order valence-corrected chi connectivity index (χ1v) is 17.6. The molecule has 0 aliphatic carbocycles. The first-order valence-electron chi connectivity index (χ1n) is 12.5. The third-order valence-electron chi connectivity index (χ3n) is 7.27. The summed E-state index contributed by atoms with van der Waals surface area (Å²) in [6.07, 6.45) is -4.78. The van der Waals surface area contributed by atoms with Crippen molar-refractivity contribution in [2.24, 2.45) is 0 Å². The Morgan fingerprint density at radius 2 is 1.98 bits per heavy atom. The highest BCUT2D eigenvalue weighted by atomic mass is 35.5. The summed E-state index contributed by atoms with van der Waals surface area (Å²) in [5, 5.41) is 0.309. The molecule has 2 saturated heterocycles.